The first-order valence-corrected chi connectivity index (χ1v) is 7.32. The number of para-hydroxylation sites is 1. The van der Waals surface area contributed by atoms with Crippen molar-refractivity contribution in [3.8, 4) is 0 Å². The first-order valence-electron chi connectivity index (χ1n) is 7.32. The molecule has 0 atom stereocenters. The van der Waals surface area contributed by atoms with Crippen molar-refractivity contribution in [2.24, 2.45) is 0 Å². The molecule has 2 aromatic rings. The average Bonchev–Trinajstić information content (AvgIpc) is 2.51. The molecule has 0 bridgehead atoms. The summed E-state index contributed by atoms with van der Waals surface area (Å²) in [6.45, 7) is 1.24. The molecular weight excluding hydrogens is 300 g/mol. The summed E-state index contributed by atoms with van der Waals surface area (Å²) in [4.78, 5) is 13.8. The van der Waals surface area contributed by atoms with Gasteiger partial charge in [-0.05, 0) is 30.7 Å². The van der Waals surface area contributed by atoms with Crippen LogP contribution < -0.4 is 15.5 Å². The molecule has 0 spiro atoms. The number of amides is 2. The molecule has 2 N–H and O–H groups in total. The average molecular weight is 319 g/mol. The van der Waals surface area contributed by atoms with Gasteiger partial charge in [-0.2, -0.15) is 0 Å². The second-order valence-electron chi connectivity index (χ2n) is 5.15. The fourth-order valence-electron chi connectivity index (χ4n) is 2.13. The molecule has 0 aliphatic heterocycles. The van der Waals surface area contributed by atoms with Crippen molar-refractivity contribution in [3.63, 3.8) is 0 Å². The van der Waals surface area contributed by atoms with Gasteiger partial charge < -0.3 is 15.5 Å². The summed E-state index contributed by atoms with van der Waals surface area (Å²) < 4.78 is 26.0. The fourth-order valence-corrected chi connectivity index (χ4v) is 2.13. The van der Waals surface area contributed by atoms with Gasteiger partial charge in [0.1, 0.15) is 11.6 Å². The highest BCUT2D eigenvalue weighted by molar-refractivity contribution is 5.89. The predicted octanol–water partition coefficient (Wildman–Crippen LogP) is 3.61. The summed E-state index contributed by atoms with van der Waals surface area (Å²) in [6, 6.07) is 12.3. The molecule has 122 valence electrons. The van der Waals surface area contributed by atoms with E-state index in [1.807, 2.05) is 37.4 Å². The number of nitrogens with one attached hydrogen (secondary N) is 2. The second kappa shape index (κ2) is 8.12. The van der Waals surface area contributed by atoms with E-state index in [-0.39, 0.29) is 5.69 Å². The number of benzene rings is 2. The van der Waals surface area contributed by atoms with Crippen LogP contribution in [0.1, 0.15) is 6.42 Å². The number of carbonyl (C=O) groups is 1. The van der Waals surface area contributed by atoms with Gasteiger partial charge in [0.25, 0.3) is 0 Å². The van der Waals surface area contributed by atoms with E-state index in [0.29, 0.717) is 6.54 Å². The molecule has 2 rings (SSSR count). The van der Waals surface area contributed by atoms with Crippen LogP contribution in [-0.2, 0) is 0 Å². The van der Waals surface area contributed by atoms with Gasteiger partial charge in [0, 0.05) is 37.6 Å². The third-order valence-corrected chi connectivity index (χ3v) is 3.27. The number of carbonyl (C=O) groups excluding carboxylic acids is 1. The molecule has 0 aliphatic rings. The van der Waals surface area contributed by atoms with Crippen LogP contribution in [0.4, 0.5) is 25.0 Å². The van der Waals surface area contributed by atoms with Crippen LogP contribution in [0.2, 0.25) is 0 Å². The summed E-state index contributed by atoms with van der Waals surface area (Å²) >= 11 is 0. The first kappa shape index (κ1) is 16.7. The minimum absolute atomic E-state index is 0.0846. The highest BCUT2D eigenvalue weighted by Crippen LogP contribution is 2.13. The Bertz CT molecular complexity index is 629. The van der Waals surface area contributed by atoms with Crippen LogP contribution in [0, 0.1) is 11.6 Å². The van der Waals surface area contributed by atoms with E-state index >= 15 is 0 Å². The summed E-state index contributed by atoms with van der Waals surface area (Å²) in [5.41, 5.74) is 1.19. The Kier molecular flexibility index (Phi) is 5.91. The molecule has 0 saturated carbocycles. The SMILES string of the molecule is CN(CCCNC(=O)Nc1cc(F)cc(F)c1)c1ccccc1. The standard InChI is InChI=1S/C17H19F2N3O/c1-22(16-6-3-2-4-7-16)9-5-8-20-17(23)21-15-11-13(18)10-14(19)12-15/h2-4,6-7,10-12H,5,8-9H2,1H3,(H2,20,21,23). The Morgan fingerprint density at radius 1 is 1.09 bits per heavy atom. The zero-order chi connectivity index (χ0) is 16.7. The normalized spacial score (nSPS) is 10.2. The van der Waals surface area contributed by atoms with Crippen LogP contribution in [0.25, 0.3) is 0 Å². The first-order chi connectivity index (χ1) is 11.0. The van der Waals surface area contributed by atoms with Crippen molar-refractivity contribution in [2.75, 3.05) is 30.4 Å². The van der Waals surface area contributed by atoms with E-state index in [1.165, 1.54) is 0 Å². The number of hydrogen-bond acceptors (Lipinski definition) is 2. The molecule has 23 heavy (non-hydrogen) atoms. The number of nitrogens with zero attached hydrogens (tertiary/aromatic N) is 1. The van der Waals surface area contributed by atoms with Crippen LogP contribution in [0.3, 0.4) is 0 Å². The number of rotatable bonds is 6. The lowest BCUT2D eigenvalue weighted by molar-refractivity contribution is 0.252. The van der Waals surface area contributed by atoms with Gasteiger partial charge >= 0.3 is 6.03 Å². The largest absolute Gasteiger partial charge is 0.375 e. The minimum atomic E-state index is -0.732. The van der Waals surface area contributed by atoms with E-state index in [4.69, 9.17) is 0 Å². The summed E-state index contributed by atoms with van der Waals surface area (Å²) in [5.74, 6) is -1.46. The van der Waals surface area contributed by atoms with Gasteiger partial charge in [0.15, 0.2) is 0 Å². The molecule has 0 heterocycles. The third-order valence-electron chi connectivity index (χ3n) is 3.27. The van der Waals surface area contributed by atoms with Crippen molar-refractivity contribution in [1.29, 1.82) is 0 Å². The van der Waals surface area contributed by atoms with Gasteiger partial charge in [-0.15, -0.1) is 0 Å². The van der Waals surface area contributed by atoms with Crippen LogP contribution in [-0.4, -0.2) is 26.2 Å². The lowest BCUT2D eigenvalue weighted by Crippen LogP contribution is -2.31. The second-order valence-corrected chi connectivity index (χ2v) is 5.15. The van der Waals surface area contributed by atoms with Gasteiger partial charge in [0.05, 0.1) is 0 Å². The van der Waals surface area contributed by atoms with Gasteiger partial charge in [-0.3, -0.25) is 0 Å². The maximum absolute atomic E-state index is 13.0. The van der Waals surface area contributed by atoms with E-state index in [0.717, 1.165) is 36.9 Å². The number of anilines is 2. The topological polar surface area (TPSA) is 44.4 Å². The Labute approximate surface area is 134 Å². The van der Waals surface area contributed by atoms with Gasteiger partial charge in [-0.1, -0.05) is 18.2 Å². The Balaban J connectivity index is 1.70. The lowest BCUT2D eigenvalue weighted by Gasteiger charge is -2.19. The number of hydrogen-bond donors (Lipinski definition) is 2. The summed E-state index contributed by atoms with van der Waals surface area (Å²) in [6.07, 6.45) is 0.746. The van der Waals surface area contributed by atoms with E-state index in [1.54, 1.807) is 0 Å². The quantitative estimate of drug-likeness (QED) is 0.799. The van der Waals surface area contributed by atoms with E-state index in [9.17, 15) is 13.6 Å². The zero-order valence-corrected chi connectivity index (χ0v) is 12.9. The van der Waals surface area contributed by atoms with Crippen LogP contribution in [0.15, 0.2) is 48.5 Å². The molecule has 0 unspecified atom stereocenters. The van der Waals surface area contributed by atoms with Crippen molar-refractivity contribution >= 4 is 17.4 Å². The summed E-state index contributed by atoms with van der Waals surface area (Å²) in [7, 11) is 1.98. The molecule has 4 nitrogen and oxygen atoms in total. The Morgan fingerprint density at radius 3 is 2.39 bits per heavy atom. The van der Waals surface area contributed by atoms with Crippen LogP contribution in [0.5, 0.6) is 0 Å². The Morgan fingerprint density at radius 2 is 1.74 bits per heavy atom. The van der Waals surface area contributed by atoms with E-state index < -0.39 is 17.7 Å². The number of urea groups is 1. The molecule has 0 fully saturated rings. The molecule has 2 aromatic carbocycles. The van der Waals surface area contributed by atoms with Crippen molar-refractivity contribution in [3.05, 3.63) is 60.2 Å². The molecule has 6 heteroatoms. The molecule has 0 aromatic heterocycles. The molecule has 0 aliphatic carbocycles. The molecular formula is C17H19F2N3O. The fraction of sp³-hybridized carbons (Fsp3) is 0.235. The smallest absolute Gasteiger partial charge is 0.319 e. The maximum Gasteiger partial charge on any atom is 0.319 e. The highest BCUT2D eigenvalue weighted by Gasteiger charge is 2.05. The highest BCUT2D eigenvalue weighted by atomic mass is 19.1. The molecule has 0 saturated heterocycles. The molecule has 2 amide bonds. The summed E-state index contributed by atoms with van der Waals surface area (Å²) in [5, 5.41) is 5.06. The van der Waals surface area contributed by atoms with Crippen LogP contribution >= 0.6 is 0 Å². The van der Waals surface area contributed by atoms with Crippen molar-refractivity contribution < 1.29 is 13.6 Å². The van der Waals surface area contributed by atoms with E-state index in [2.05, 4.69) is 15.5 Å². The van der Waals surface area contributed by atoms with Gasteiger partial charge in [-0.25, -0.2) is 13.6 Å². The maximum atomic E-state index is 13.0. The predicted molar refractivity (Wildman–Crippen MR) is 87.7 cm³/mol. The lowest BCUT2D eigenvalue weighted by atomic mass is 10.3. The third kappa shape index (κ3) is 5.58. The Hall–Kier alpha value is -2.63. The van der Waals surface area contributed by atoms with Crippen molar-refractivity contribution in [2.45, 2.75) is 6.42 Å². The van der Waals surface area contributed by atoms with Crippen molar-refractivity contribution in [1.82, 2.24) is 5.32 Å². The zero-order valence-electron chi connectivity index (χ0n) is 12.9. The van der Waals surface area contributed by atoms with Gasteiger partial charge in [0.2, 0.25) is 0 Å². The minimum Gasteiger partial charge on any atom is -0.375 e. The number of halogens is 2. The monoisotopic (exact) mass is 319 g/mol. The molecule has 0 radical (unpaired) electrons.